The Bertz CT molecular complexity index is 614. The number of carbonyl (C=O) groups is 1. The van der Waals surface area contributed by atoms with Gasteiger partial charge in [0, 0.05) is 13.7 Å². The molecule has 0 aliphatic carbocycles. The van der Waals surface area contributed by atoms with Crippen LogP contribution in [0.25, 0.3) is 0 Å². The van der Waals surface area contributed by atoms with E-state index in [1.807, 2.05) is 49.4 Å². The Morgan fingerprint density at radius 3 is 2.60 bits per heavy atom. The molecule has 3 nitrogen and oxygen atoms in total. The van der Waals surface area contributed by atoms with E-state index in [1.54, 1.807) is 0 Å². The molecular weight excluding hydrogens is 433 g/mol. The van der Waals surface area contributed by atoms with Crippen molar-refractivity contribution in [2.24, 2.45) is 0 Å². The molecule has 0 saturated carbocycles. The van der Waals surface area contributed by atoms with Crippen LogP contribution in [0.15, 0.2) is 46.9 Å². The van der Waals surface area contributed by atoms with Gasteiger partial charge in [-0.2, -0.15) is 0 Å². The first-order valence-corrected chi connectivity index (χ1v) is 7.96. The van der Waals surface area contributed by atoms with Crippen molar-refractivity contribution in [1.29, 1.82) is 0 Å². The fourth-order valence-corrected chi connectivity index (χ4v) is 2.61. The van der Waals surface area contributed by atoms with Gasteiger partial charge in [0.2, 0.25) is 0 Å². The lowest BCUT2D eigenvalue weighted by atomic mass is 10.2. The molecule has 0 spiro atoms. The summed E-state index contributed by atoms with van der Waals surface area (Å²) in [6.45, 7) is 2.56. The van der Waals surface area contributed by atoms with E-state index >= 15 is 0 Å². The summed E-state index contributed by atoms with van der Waals surface area (Å²) in [5.74, 6) is 0.669. The van der Waals surface area contributed by atoms with Gasteiger partial charge in [0.05, 0.1) is 12.2 Å². The van der Waals surface area contributed by atoms with Crippen LogP contribution in [0.2, 0.25) is 0 Å². The van der Waals surface area contributed by atoms with Gasteiger partial charge in [0.15, 0.2) is 0 Å². The minimum absolute atomic E-state index is 0.125. The zero-order valence-corrected chi connectivity index (χ0v) is 14.6. The maximum Gasteiger partial charge on any atom is 0.256 e. The smallest absolute Gasteiger partial charge is 0.256 e. The summed E-state index contributed by atoms with van der Waals surface area (Å²) in [6, 6.07) is 13.0. The zero-order valence-electron chi connectivity index (χ0n) is 10.8. The van der Waals surface area contributed by atoms with Crippen LogP contribution in [0, 0.1) is 3.57 Å². The van der Waals surface area contributed by atoms with Gasteiger partial charge in [0.1, 0.15) is 5.75 Å². The van der Waals surface area contributed by atoms with E-state index in [9.17, 15) is 4.79 Å². The topological polar surface area (TPSA) is 38.3 Å². The van der Waals surface area contributed by atoms with Gasteiger partial charge in [-0.15, -0.1) is 0 Å². The molecule has 0 aliphatic heterocycles. The summed E-state index contributed by atoms with van der Waals surface area (Å²) in [4.78, 5) is 12.2. The highest BCUT2D eigenvalue weighted by Gasteiger charge is 2.10. The fraction of sp³-hybridized carbons (Fsp3) is 0.133. The zero-order chi connectivity index (χ0) is 14.5. The van der Waals surface area contributed by atoms with Gasteiger partial charge in [-0.05, 0) is 72.0 Å². The van der Waals surface area contributed by atoms with Crippen LogP contribution >= 0.6 is 38.5 Å². The quantitative estimate of drug-likeness (QED) is 0.692. The Morgan fingerprint density at radius 1 is 1.25 bits per heavy atom. The molecule has 2 rings (SSSR count). The third-order valence-corrected chi connectivity index (χ3v) is 4.03. The Hall–Kier alpha value is -1.08. The number of anilines is 1. The summed E-state index contributed by atoms with van der Waals surface area (Å²) >= 11 is 5.53. The number of carbonyl (C=O) groups excluding carboxylic acids is 1. The van der Waals surface area contributed by atoms with Crippen molar-refractivity contribution in [3.63, 3.8) is 0 Å². The molecule has 0 fully saturated rings. The number of amides is 1. The number of nitrogens with one attached hydrogen (secondary N) is 1. The summed E-state index contributed by atoms with van der Waals surface area (Å²) in [7, 11) is 0. The molecule has 0 aromatic heterocycles. The van der Waals surface area contributed by atoms with Crippen LogP contribution in [-0.4, -0.2) is 12.5 Å². The van der Waals surface area contributed by atoms with Crippen LogP contribution in [0.4, 0.5) is 5.69 Å². The van der Waals surface area contributed by atoms with Crippen LogP contribution in [0.1, 0.15) is 17.3 Å². The van der Waals surface area contributed by atoms with Crippen molar-refractivity contribution in [3.05, 3.63) is 56.1 Å². The first kappa shape index (κ1) is 15.3. The highest BCUT2D eigenvalue weighted by atomic mass is 127. The van der Waals surface area contributed by atoms with Gasteiger partial charge < -0.3 is 10.1 Å². The number of benzene rings is 2. The predicted octanol–water partition coefficient (Wildman–Crippen LogP) is 4.70. The van der Waals surface area contributed by atoms with Crippen molar-refractivity contribution in [2.75, 3.05) is 11.9 Å². The summed E-state index contributed by atoms with van der Waals surface area (Å²) < 4.78 is 7.16. The SMILES string of the molecule is CCOc1ccc(NC(=O)c2cc(Br)ccc2I)cc1. The third kappa shape index (κ3) is 3.96. The summed E-state index contributed by atoms with van der Waals surface area (Å²) in [5.41, 5.74) is 1.39. The van der Waals surface area contributed by atoms with Crippen LogP contribution < -0.4 is 10.1 Å². The van der Waals surface area contributed by atoms with Crippen LogP contribution in [-0.2, 0) is 0 Å². The maximum absolute atomic E-state index is 12.2. The molecule has 2 aromatic rings. The second kappa shape index (κ2) is 7.08. The van der Waals surface area contributed by atoms with Crippen molar-refractivity contribution < 1.29 is 9.53 Å². The highest BCUT2D eigenvalue weighted by Crippen LogP contribution is 2.21. The van der Waals surface area contributed by atoms with E-state index < -0.39 is 0 Å². The molecule has 20 heavy (non-hydrogen) atoms. The standard InChI is InChI=1S/C15H13BrINO2/c1-2-20-12-6-4-11(5-7-12)18-15(19)13-9-10(16)3-8-14(13)17/h3-9H,2H2,1H3,(H,18,19). The minimum atomic E-state index is -0.125. The Kier molecular flexibility index (Phi) is 5.42. The minimum Gasteiger partial charge on any atom is -0.494 e. The van der Waals surface area contributed by atoms with Gasteiger partial charge in [-0.25, -0.2) is 0 Å². The van der Waals surface area contributed by atoms with Crippen molar-refractivity contribution in [3.8, 4) is 5.75 Å². The monoisotopic (exact) mass is 445 g/mol. The fourth-order valence-electron chi connectivity index (χ4n) is 1.67. The Balaban J connectivity index is 2.13. The van der Waals surface area contributed by atoms with Gasteiger partial charge in [0.25, 0.3) is 5.91 Å². The third-order valence-electron chi connectivity index (χ3n) is 2.60. The molecule has 0 unspecified atom stereocenters. The highest BCUT2D eigenvalue weighted by molar-refractivity contribution is 14.1. The summed E-state index contributed by atoms with van der Waals surface area (Å²) in [6.07, 6.45) is 0. The molecule has 0 atom stereocenters. The number of hydrogen-bond acceptors (Lipinski definition) is 2. The van der Waals surface area contributed by atoms with Crippen molar-refractivity contribution in [1.82, 2.24) is 0 Å². The molecule has 0 radical (unpaired) electrons. The molecule has 5 heteroatoms. The van der Waals surface area contributed by atoms with Crippen molar-refractivity contribution in [2.45, 2.75) is 6.92 Å². The molecule has 1 N–H and O–H groups in total. The van der Waals surface area contributed by atoms with Crippen LogP contribution in [0.3, 0.4) is 0 Å². The van der Waals surface area contributed by atoms with E-state index in [1.165, 1.54) is 0 Å². The average molecular weight is 446 g/mol. The van der Waals surface area contributed by atoms with Gasteiger partial charge in [-0.1, -0.05) is 15.9 Å². The number of rotatable bonds is 4. The number of ether oxygens (including phenoxy) is 1. The second-order valence-corrected chi connectivity index (χ2v) is 6.11. The maximum atomic E-state index is 12.2. The van der Waals surface area contributed by atoms with Gasteiger partial charge in [-0.3, -0.25) is 4.79 Å². The van der Waals surface area contributed by atoms with E-state index in [0.29, 0.717) is 12.2 Å². The molecule has 0 heterocycles. The molecule has 2 aromatic carbocycles. The lowest BCUT2D eigenvalue weighted by Crippen LogP contribution is -2.13. The lowest BCUT2D eigenvalue weighted by Gasteiger charge is -2.08. The molecule has 104 valence electrons. The second-order valence-electron chi connectivity index (χ2n) is 4.04. The average Bonchev–Trinajstić information content (AvgIpc) is 2.44. The largest absolute Gasteiger partial charge is 0.494 e. The Labute approximate surface area is 140 Å². The van der Waals surface area contributed by atoms with Crippen molar-refractivity contribution >= 4 is 50.1 Å². The Morgan fingerprint density at radius 2 is 1.95 bits per heavy atom. The summed E-state index contributed by atoms with van der Waals surface area (Å²) in [5, 5.41) is 2.88. The number of hydrogen-bond donors (Lipinski definition) is 1. The van der Waals surface area contributed by atoms with E-state index in [2.05, 4.69) is 43.8 Å². The first-order chi connectivity index (χ1) is 9.60. The lowest BCUT2D eigenvalue weighted by molar-refractivity contribution is 0.102. The molecule has 1 amide bonds. The molecule has 0 bridgehead atoms. The molecular formula is C15H13BrINO2. The van der Waals surface area contributed by atoms with E-state index in [-0.39, 0.29) is 5.91 Å². The number of halogens is 2. The first-order valence-electron chi connectivity index (χ1n) is 6.09. The van der Waals surface area contributed by atoms with Crippen LogP contribution in [0.5, 0.6) is 5.75 Å². The molecule has 0 saturated heterocycles. The molecule has 0 aliphatic rings. The predicted molar refractivity (Wildman–Crippen MR) is 92.4 cm³/mol. The van der Waals surface area contributed by atoms with E-state index in [0.717, 1.165) is 19.5 Å². The van der Waals surface area contributed by atoms with Gasteiger partial charge >= 0.3 is 0 Å². The normalized spacial score (nSPS) is 10.2. The van der Waals surface area contributed by atoms with E-state index in [4.69, 9.17) is 4.74 Å².